The monoisotopic (exact) mass is 367 g/mol. The van der Waals surface area contributed by atoms with Crippen molar-refractivity contribution in [3.05, 3.63) is 65.1 Å². The number of aromatic nitrogens is 3. The molecule has 0 saturated heterocycles. The minimum Gasteiger partial charge on any atom is -0.330 e. The van der Waals surface area contributed by atoms with Gasteiger partial charge in [0.15, 0.2) is 5.65 Å². The molecule has 2 heterocycles. The van der Waals surface area contributed by atoms with Crippen LogP contribution in [0.15, 0.2) is 48.7 Å². The molecule has 0 aliphatic carbocycles. The second-order valence-corrected chi connectivity index (χ2v) is 5.31. The second kappa shape index (κ2) is 6.56. The lowest BCUT2D eigenvalue weighted by Crippen LogP contribution is -2.24. The van der Waals surface area contributed by atoms with Crippen LogP contribution in [-0.2, 0) is 11.0 Å². The molecule has 5 nitrogen and oxygen atoms in total. The number of alkyl halides is 3. The molecule has 0 aliphatic rings. The highest BCUT2D eigenvalue weighted by molar-refractivity contribution is 6.31. The summed E-state index contributed by atoms with van der Waals surface area (Å²) in [7, 11) is 0. The summed E-state index contributed by atoms with van der Waals surface area (Å²) in [6, 6.07) is 9.93. The van der Waals surface area contributed by atoms with Crippen molar-refractivity contribution in [2.45, 2.75) is 6.18 Å². The highest BCUT2D eigenvalue weighted by atomic mass is 35.5. The van der Waals surface area contributed by atoms with E-state index in [4.69, 9.17) is 16.4 Å². The normalized spacial score (nSPS) is 12.0. The Bertz CT molecular complexity index is 952. The van der Waals surface area contributed by atoms with Crippen molar-refractivity contribution in [3.8, 4) is 0 Å². The third-order valence-electron chi connectivity index (χ3n) is 3.08. The molecule has 2 aromatic heterocycles. The molecule has 0 spiro atoms. The van der Waals surface area contributed by atoms with Gasteiger partial charge in [0.1, 0.15) is 5.52 Å². The fraction of sp³-hybridized carbons (Fsp3) is 0.0625. The van der Waals surface area contributed by atoms with Gasteiger partial charge in [-0.2, -0.15) is 13.2 Å². The van der Waals surface area contributed by atoms with E-state index in [1.807, 2.05) is 0 Å². The Morgan fingerprint density at radius 2 is 1.96 bits per heavy atom. The summed E-state index contributed by atoms with van der Waals surface area (Å²) in [6.45, 7) is 0. The van der Waals surface area contributed by atoms with Crippen LogP contribution in [0.5, 0.6) is 0 Å². The molecule has 3 rings (SSSR count). The van der Waals surface area contributed by atoms with Gasteiger partial charge in [-0.15, -0.1) is 4.73 Å². The van der Waals surface area contributed by atoms with E-state index < -0.39 is 18.0 Å². The molecule has 0 N–H and O–H groups in total. The Labute approximate surface area is 144 Å². The van der Waals surface area contributed by atoms with Crippen LogP contribution in [0.25, 0.3) is 17.2 Å². The number of carbonyl (C=O) groups is 1. The molecule has 0 aliphatic heterocycles. The predicted octanol–water partition coefficient (Wildman–Crippen LogP) is 3.77. The number of carbonyl (C=O) groups excluding carboxylic acids is 1. The average Bonchev–Trinajstić information content (AvgIpc) is 2.92. The molecular weight excluding hydrogens is 359 g/mol. The van der Waals surface area contributed by atoms with Crippen molar-refractivity contribution in [2.75, 3.05) is 0 Å². The molecule has 0 bridgehead atoms. The topological polar surface area (TPSA) is 57.0 Å². The minimum absolute atomic E-state index is 0.0817. The summed E-state index contributed by atoms with van der Waals surface area (Å²) in [5, 5.41) is 0.0817. The summed E-state index contributed by atoms with van der Waals surface area (Å²) in [5.41, 5.74) is 0.286. The number of halogens is 4. The first-order valence-electron chi connectivity index (χ1n) is 6.91. The lowest BCUT2D eigenvalue weighted by molar-refractivity contribution is -0.159. The Kier molecular flexibility index (Phi) is 4.45. The quantitative estimate of drug-likeness (QED) is 0.661. The van der Waals surface area contributed by atoms with Crippen molar-refractivity contribution in [2.24, 2.45) is 0 Å². The van der Waals surface area contributed by atoms with Crippen molar-refractivity contribution in [3.63, 3.8) is 0 Å². The third-order valence-corrected chi connectivity index (χ3v) is 3.29. The first-order valence-corrected chi connectivity index (χ1v) is 7.29. The maximum atomic E-state index is 13.1. The van der Waals surface area contributed by atoms with E-state index in [-0.39, 0.29) is 20.9 Å². The van der Waals surface area contributed by atoms with Gasteiger partial charge in [-0.05, 0) is 17.7 Å². The molecule has 9 heteroatoms. The molecule has 1 aromatic carbocycles. The molecule has 0 unspecified atom stereocenters. The molecule has 25 heavy (non-hydrogen) atoms. The maximum Gasteiger partial charge on any atom is 0.453 e. The van der Waals surface area contributed by atoms with E-state index in [0.717, 1.165) is 12.3 Å². The van der Waals surface area contributed by atoms with Gasteiger partial charge in [0.25, 0.3) is 5.82 Å². The maximum absolute atomic E-state index is 13.1. The van der Waals surface area contributed by atoms with Crippen molar-refractivity contribution in [1.29, 1.82) is 0 Å². The Balaban J connectivity index is 1.95. The average molecular weight is 368 g/mol. The largest absolute Gasteiger partial charge is 0.453 e. The van der Waals surface area contributed by atoms with Crippen LogP contribution in [0.1, 0.15) is 11.4 Å². The first kappa shape index (κ1) is 17.0. The molecule has 0 saturated carbocycles. The Morgan fingerprint density at radius 1 is 1.24 bits per heavy atom. The van der Waals surface area contributed by atoms with Gasteiger partial charge in [0.2, 0.25) is 0 Å². The summed E-state index contributed by atoms with van der Waals surface area (Å²) in [6.07, 6.45) is -1.26. The summed E-state index contributed by atoms with van der Waals surface area (Å²) in [5.74, 6) is -2.41. The predicted molar refractivity (Wildman–Crippen MR) is 84.6 cm³/mol. The van der Waals surface area contributed by atoms with Gasteiger partial charge >= 0.3 is 12.1 Å². The molecule has 0 fully saturated rings. The molecule has 128 valence electrons. The summed E-state index contributed by atoms with van der Waals surface area (Å²) >= 11 is 5.75. The van der Waals surface area contributed by atoms with Crippen LogP contribution < -0.4 is 4.84 Å². The smallest absolute Gasteiger partial charge is 0.330 e. The summed E-state index contributed by atoms with van der Waals surface area (Å²) in [4.78, 5) is 23.8. The van der Waals surface area contributed by atoms with Gasteiger partial charge in [-0.3, -0.25) is 0 Å². The number of nitrogens with zero attached hydrogens (tertiary/aromatic N) is 3. The van der Waals surface area contributed by atoms with Gasteiger partial charge in [0.05, 0.1) is 5.02 Å². The lowest BCUT2D eigenvalue weighted by atomic mass is 10.2. The number of hydrogen-bond acceptors (Lipinski definition) is 4. The zero-order valence-corrected chi connectivity index (χ0v) is 13.1. The van der Waals surface area contributed by atoms with Gasteiger partial charge in [-0.1, -0.05) is 41.9 Å². The van der Waals surface area contributed by atoms with Crippen molar-refractivity contribution in [1.82, 2.24) is 14.7 Å². The lowest BCUT2D eigenvalue weighted by Gasteiger charge is -2.09. The second-order valence-electron chi connectivity index (χ2n) is 4.88. The third kappa shape index (κ3) is 3.80. The zero-order chi connectivity index (χ0) is 18.0. The number of pyridine rings is 1. The van der Waals surface area contributed by atoms with Crippen molar-refractivity contribution < 1.29 is 22.8 Å². The fourth-order valence-corrected chi connectivity index (χ4v) is 2.19. The molecule has 0 amide bonds. The highest BCUT2D eigenvalue weighted by Gasteiger charge is 2.39. The fourth-order valence-electron chi connectivity index (χ4n) is 2.04. The van der Waals surface area contributed by atoms with E-state index in [9.17, 15) is 18.0 Å². The van der Waals surface area contributed by atoms with Crippen LogP contribution in [0.2, 0.25) is 5.02 Å². The van der Waals surface area contributed by atoms with Crippen LogP contribution in [0, 0.1) is 0 Å². The number of rotatable bonds is 3. The van der Waals surface area contributed by atoms with E-state index in [1.165, 1.54) is 12.1 Å². The Hall–Kier alpha value is -2.87. The zero-order valence-electron chi connectivity index (χ0n) is 12.4. The number of fused-ring (bicyclic) bond motifs is 1. The van der Waals surface area contributed by atoms with Crippen LogP contribution in [0.4, 0.5) is 13.2 Å². The van der Waals surface area contributed by atoms with E-state index in [1.54, 1.807) is 30.3 Å². The summed E-state index contributed by atoms with van der Waals surface area (Å²) < 4.78 is 39.7. The Morgan fingerprint density at radius 3 is 2.64 bits per heavy atom. The van der Waals surface area contributed by atoms with E-state index in [0.29, 0.717) is 5.56 Å². The van der Waals surface area contributed by atoms with Gasteiger partial charge in [-0.25, -0.2) is 14.8 Å². The number of benzene rings is 1. The van der Waals surface area contributed by atoms with Crippen LogP contribution in [-0.4, -0.2) is 20.7 Å². The van der Waals surface area contributed by atoms with E-state index >= 15 is 0 Å². The highest BCUT2D eigenvalue weighted by Crippen LogP contribution is 2.31. The number of hydrogen-bond donors (Lipinski definition) is 0. The van der Waals surface area contributed by atoms with Crippen molar-refractivity contribution >= 4 is 34.8 Å². The molecule has 0 atom stereocenters. The van der Waals surface area contributed by atoms with Crippen LogP contribution >= 0.6 is 11.6 Å². The van der Waals surface area contributed by atoms with E-state index in [2.05, 4.69) is 9.97 Å². The number of imidazole rings is 1. The van der Waals surface area contributed by atoms with Gasteiger partial charge in [0, 0.05) is 12.3 Å². The molecule has 0 radical (unpaired) electrons. The van der Waals surface area contributed by atoms with Crippen LogP contribution in [0.3, 0.4) is 0 Å². The van der Waals surface area contributed by atoms with Gasteiger partial charge < -0.3 is 4.84 Å². The molecular formula is C16H9ClF3N3O2. The minimum atomic E-state index is -4.84. The molecule has 3 aromatic rings. The standard InChI is InChI=1S/C16H9ClF3N3O2/c17-11-8-12-14(21-9-11)22-15(16(18,19)20)23(12)25-13(24)7-6-10-4-2-1-3-5-10/h1-9H. The SMILES string of the molecule is O=C(C=Cc1ccccc1)On1c(C(F)(F)F)nc2ncc(Cl)cc21. The first-order chi connectivity index (χ1) is 11.8.